The molecular weight excluding hydrogens is 282 g/mol. The number of rotatable bonds is 4. The third kappa shape index (κ3) is 4.93. The van der Waals surface area contributed by atoms with E-state index in [1.165, 1.54) is 11.8 Å². The zero-order valence-corrected chi connectivity index (χ0v) is 12.0. The Morgan fingerprint density at radius 1 is 1.14 bits per heavy atom. The fourth-order valence-corrected chi connectivity index (χ4v) is 1.91. The zero-order valence-electron chi connectivity index (χ0n) is 12.0. The summed E-state index contributed by atoms with van der Waals surface area (Å²) in [5.74, 6) is -2.09. The second-order valence-electron chi connectivity index (χ2n) is 4.61. The average molecular weight is 301 g/mol. The Kier molecular flexibility index (Phi) is 5.94. The van der Waals surface area contributed by atoms with Gasteiger partial charge in [0.05, 0.1) is 13.5 Å². The molecule has 21 heavy (non-hydrogen) atoms. The van der Waals surface area contributed by atoms with Crippen LogP contribution in [0.5, 0.6) is 0 Å². The lowest BCUT2D eigenvalue weighted by Crippen LogP contribution is -2.55. The van der Waals surface area contributed by atoms with E-state index in [0.717, 1.165) is 7.11 Å². The summed E-state index contributed by atoms with van der Waals surface area (Å²) in [5.41, 5.74) is 0. The number of amides is 3. The zero-order chi connectivity index (χ0) is 16.0. The topological polar surface area (TPSA) is 116 Å². The van der Waals surface area contributed by atoms with Crippen LogP contribution in [0.4, 0.5) is 4.79 Å². The Labute approximate surface area is 121 Å². The van der Waals surface area contributed by atoms with Crippen LogP contribution >= 0.6 is 0 Å². The van der Waals surface area contributed by atoms with Crippen molar-refractivity contribution >= 4 is 23.9 Å². The molecule has 0 unspecified atom stereocenters. The fraction of sp³-hybridized carbons (Fsp3) is 0.667. The second-order valence-corrected chi connectivity index (χ2v) is 4.61. The molecule has 1 fully saturated rings. The number of nitrogens with one attached hydrogen (secondary N) is 1. The van der Waals surface area contributed by atoms with Gasteiger partial charge in [0, 0.05) is 33.1 Å². The molecule has 0 aromatic carbocycles. The smallest absolute Gasteiger partial charge is 0.326 e. The summed E-state index contributed by atoms with van der Waals surface area (Å²) in [5, 5.41) is 11.3. The van der Waals surface area contributed by atoms with Gasteiger partial charge in [0.1, 0.15) is 6.04 Å². The molecular formula is C12H19N3O6. The number of hydrogen-bond donors (Lipinski definition) is 2. The summed E-state index contributed by atoms with van der Waals surface area (Å²) in [7, 11) is 1.14. The van der Waals surface area contributed by atoms with Crippen LogP contribution in [0.25, 0.3) is 0 Å². The van der Waals surface area contributed by atoms with E-state index in [1.54, 1.807) is 4.90 Å². The first kappa shape index (κ1) is 16.7. The van der Waals surface area contributed by atoms with Gasteiger partial charge in [-0.1, -0.05) is 0 Å². The van der Waals surface area contributed by atoms with Crippen molar-refractivity contribution in [3.05, 3.63) is 0 Å². The average Bonchev–Trinajstić information content (AvgIpc) is 2.46. The third-order valence-corrected chi connectivity index (χ3v) is 3.21. The standard InChI is InChI=1S/C12H19N3O6/c1-8(16)14-3-5-15(6-4-14)12(20)13-9(11(18)19)7-10(17)21-2/h9H,3-7H2,1-2H3,(H,13,20)(H,18,19)/t9-/m0/s1. The summed E-state index contributed by atoms with van der Waals surface area (Å²) < 4.78 is 4.39. The molecule has 0 spiro atoms. The molecule has 0 saturated carbocycles. The Hall–Kier alpha value is -2.32. The minimum Gasteiger partial charge on any atom is -0.480 e. The predicted molar refractivity (Wildman–Crippen MR) is 70.4 cm³/mol. The molecule has 1 rings (SSSR count). The molecule has 0 radical (unpaired) electrons. The van der Waals surface area contributed by atoms with Crippen molar-refractivity contribution < 1.29 is 29.0 Å². The van der Waals surface area contributed by atoms with Crippen LogP contribution in [0.1, 0.15) is 13.3 Å². The van der Waals surface area contributed by atoms with E-state index >= 15 is 0 Å². The minimum absolute atomic E-state index is 0.0656. The molecule has 1 atom stereocenters. The van der Waals surface area contributed by atoms with Crippen LogP contribution in [0.15, 0.2) is 0 Å². The number of urea groups is 1. The monoisotopic (exact) mass is 301 g/mol. The number of methoxy groups -OCH3 is 1. The number of carbonyl (C=O) groups is 4. The molecule has 9 nitrogen and oxygen atoms in total. The summed E-state index contributed by atoms with van der Waals surface area (Å²) in [4.78, 5) is 48.3. The van der Waals surface area contributed by atoms with Gasteiger partial charge < -0.3 is 25.0 Å². The second kappa shape index (κ2) is 7.46. The highest BCUT2D eigenvalue weighted by atomic mass is 16.5. The SMILES string of the molecule is COC(=O)C[C@H](NC(=O)N1CCN(C(C)=O)CC1)C(=O)O. The first-order valence-electron chi connectivity index (χ1n) is 6.45. The highest BCUT2D eigenvalue weighted by molar-refractivity contribution is 5.86. The Bertz CT molecular complexity index is 431. The maximum atomic E-state index is 12.0. The van der Waals surface area contributed by atoms with Crippen LogP contribution in [0.3, 0.4) is 0 Å². The van der Waals surface area contributed by atoms with E-state index in [9.17, 15) is 19.2 Å². The van der Waals surface area contributed by atoms with Crippen LogP contribution in [-0.4, -0.2) is 78.1 Å². The largest absolute Gasteiger partial charge is 0.480 e. The van der Waals surface area contributed by atoms with Crippen molar-refractivity contribution in [2.24, 2.45) is 0 Å². The highest BCUT2D eigenvalue weighted by Crippen LogP contribution is 2.04. The Morgan fingerprint density at radius 2 is 1.67 bits per heavy atom. The van der Waals surface area contributed by atoms with Gasteiger partial charge in [0.2, 0.25) is 5.91 Å². The Balaban J connectivity index is 2.53. The lowest BCUT2D eigenvalue weighted by Gasteiger charge is -2.34. The number of carbonyl (C=O) groups excluding carboxylic acids is 3. The number of carboxylic acid groups (broad SMARTS) is 1. The van der Waals surface area contributed by atoms with E-state index in [4.69, 9.17) is 5.11 Å². The normalized spacial score (nSPS) is 16.1. The predicted octanol–water partition coefficient (Wildman–Crippen LogP) is -1.12. The number of nitrogens with zero attached hydrogens (tertiary/aromatic N) is 2. The third-order valence-electron chi connectivity index (χ3n) is 3.21. The molecule has 0 aromatic heterocycles. The van der Waals surface area contributed by atoms with Crippen molar-refractivity contribution in [2.45, 2.75) is 19.4 Å². The van der Waals surface area contributed by atoms with Crippen molar-refractivity contribution in [1.82, 2.24) is 15.1 Å². The fourth-order valence-electron chi connectivity index (χ4n) is 1.91. The molecule has 1 saturated heterocycles. The number of piperazine rings is 1. The van der Waals surface area contributed by atoms with Crippen molar-refractivity contribution in [3.63, 3.8) is 0 Å². The lowest BCUT2D eigenvalue weighted by atomic mass is 10.2. The molecule has 0 aliphatic carbocycles. The van der Waals surface area contributed by atoms with Crippen molar-refractivity contribution in [1.29, 1.82) is 0 Å². The summed E-state index contributed by atoms with van der Waals surface area (Å²) in [6.07, 6.45) is -0.439. The van der Waals surface area contributed by atoms with Gasteiger partial charge in [-0.3, -0.25) is 9.59 Å². The van der Waals surface area contributed by atoms with E-state index in [-0.39, 0.29) is 5.91 Å². The lowest BCUT2D eigenvalue weighted by molar-refractivity contribution is -0.147. The van der Waals surface area contributed by atoms with Gasteiger partial charge in [0.25, 0.3) is 0 Å². The van der Waals surface area contributed by atoms with Crippen molar-refractivity contribution in [3.8, 4) is 0 Å². The maximum Gasteiger partial charge on any atom is 0.326 e. The van der Waals surface area contributed by atoms with Crippen LogP contribution in [-0.2, 0) is 19.1 Å². The van der Waals surface area contributed by atoms with E-state index < -0.39 is 30.4 Å². The molecule has 118 valence electrons. The number of esters is 1. The van der Waals surface area contributed by atoms with Gasteiger partial charge in [-0.05, 0) is 0 Å². The molecule has 0 bridgehead atoms. The van der Waals surface area contributed by atoms with E-state index in [1.807, 2.05) is 0 Å². The van der Waals surface area contributed by atoms with Gasteiger partial charge >= 0.3 is 18.0 Å². The van der Waals surface area contributed by atoms with E-state index in [0.29, 0.717) is 26.2 Å². The molecule has 1 aliphatic heterocycles. The molecule has 1 heterocycles. The minimum atomic E-state index is -1.34. The van der Waals surface area contributed by atoms with Gasteiger partial charge in [-0.2, -0.15) is 0 Å². The van der Waals surface area contributed by atoms with Gasteiger partial charge in [-0.15, -0.1) is 0 Å². The molecule has 3 amide bonds. The molecule has 9 heteroatoms. The summed E-state index contributed by atoms with van der Waals surface area (Å²) >= 11 is 0. The number of carboxylic acids is 1. The van der Waals surface area contributed by atoms with E-state index in [2.05, 4.69) is 10.1 Å². The molecule has 1 aliphatic rings. The molecule has 2 N–H and O–H groups in total. The highest BCUT2D eigenvalue weighted by Gasteiger charge is 2.28. The Morgan fingerprint density at radius 3 is 2.10 bits per heavy atom. The van der Waals surface area contributed by atoms with Gasteiger partial charge in [0.15, 0.2) is 0 Å². The quantitative estimate of drug-likeness (QED) is 0.635. The van der Waals surface area contributed by atoms with Gasteiger partial charge in [-0.25, -0.2) is 9.59 Å². The van der Waals surface area contributed by atoms with Crippen LogP contribution in [0, 0.1) is 0 Å². The number of aliphatic carboxylic acids is 1. The summed E-state index contributed by atoms with van der Waals surface area (Å²) in [6.45, 7) is 2.88. The maximum absolute atomic E-state index is 12.0. The first-order chi connectivity index (χ1) is 9.85. The number of hydrogen-bond acceptors (Lipinski definition) is 5. The van der Waals surface area contributed by atoms with Crippen LogP contribution in [0.2, 0.25) is 0 Å². The summed E-state index contributed by atoms with van der Waals surface area (Å²) in [6, 6.07) is -1.91. The van der Waals surface area contributed by atoms with Crippen LogP contribution < -0.4 is 5.32 Å². The first-order valence-corrected chi connectivity index (χ1v) is 6.45. The number of ether oxygens (including phenoxy) is 1. The van der Waals surface area contributed by atoms with Crippen molar-refractivity contribution in [2.75, 3.05) is 33.3 Å². The molecule has 0 aromatic rings.